The molecule has 1 aliphatic rings. The first-order valence-corrected chi connectivity index (χ1v) is 4.74. The van der Waals surface area contributed by atoms with Gasteiger partial charge < -0.3 is 0 Å². The molecule has 0 radical (unpaired) electrons. The Morgan fingerprint density at radius 2 is 2.50 bits per heavy atom. The molecule has 1 rings (SSSR count). The number of rotatable bonds is 1. The van der Waals surface area contributed by atoms with Crippen molar-refractivity contribution in [3.05, 3.63) is 11.8 Å². The van der Waals surface area contributed by atoms with Crippen molar-refractivity contribution in [2.75, 3.05) is 5.33 Å². The van der Waals surface area contributed by atoms with Crippen LogP contribution >= 0.6 is 15.9 Å². The zero-order valence-electron chi connectivity index (χ0n) is 6.23. The van der Waals surface area contributed by atoms with Gasteiger partial charge in [-0.2, -0.15) is 0 Å². The van der Waals surface area contributed by atoms with E-state index in [1.807, 2.05) is 0 Å². The molecule has 0 spiro atoms. The molecular formula is C8H12BrN. The molecule has 1 nitrogen and oxygen atoms in total. The first-order chi connectivity index (χ1) is 4.83. The Hall–Kier alpha value is -0.110. The summed E-state index contributed by atoms with van der Waals surface area (Å²) in [6, 6.07) is 0. The summed E-state index contributed by atoms with van der Waals surface area (Å²) in [5.74, 6) is 0. The molecule has 1 heterocycles. The lowest BCUT2D eigenvalue weighted by atomic mass is 10.2. The molecule has 56 valence electrons. The van der Waals surface area contributed by atoms with Crippen molar-refractivity contribution in [1.29, 1.82) is 0 Å². The average Bonchev–Trinajstić information content (AvgIpc) is 2.13. The maximum absolute atomic E-state index is 4.43. The molecule has 0 unspecified atom stereocenters. The highest BCUT2D eigenvalue weighted by atomic mass is 79.9. The summed E-state index contributed by atoms with van der Waals surface area (Å²) in [5.41, 5.74) is 2.46. The van der Waals surface area contributed by atoms with Crippen molar-refractivity contribution in [3.63, 3.8) is 0 Å². The average molecular weight is 202 g/mol. The molecule has 0 atom stereocenters. The van der Waals surface area contributed by atoms with Crippen LogP contribution in [0.1, 0.15) is 26.2 Å². The van der Waals surface area contributed by atoms with Gasteiger partial charge in [-0.15, -0.1) is 0 Å². The van der Waals surface area contributed by atoms with Crippen LogP contribution < -0.4 is 0 Å². The van der Waals surface area contributed by atoms with Crippen LogP contribution in [-0.4, -0.2) is 11.0 Å². The predicted molar refractivity (Wildman–Crippen MR) is 48.8 cm³/mol. The molecule has 0 saturated heterocycles. The van der Waals surface area contributed by atoms with E-state index < -0.39 is 0 Å². The van der Waals surface area contributed by atoms with Gasteiger partial charge in [0.15, 0.2) is 0 Å². The minimum Gasteiger partial charge on any atom is -0.262 e. The summed E-state index contributed by atoms with van der Waals surface area (Å²) >= 11 is 3.40. The largest absolute Gasteiger partial charge is 0.262 e. The van der Waals surface area contributed by atoms with Crippen LogP contribution in [0.25, 0.3) is 0 Å². The van der Waals surface area contributed by atoms with Crippen molar-refractivity contribution >= 4 is 21.6 Å². The summed E-state index contributed by atoms with van der Waals surface area (Å²) in [5, 5.41) is 0.893. The topological polar surface area (TPSA) is 12.4 Å². The Labute approximate surface area is 70.4 Å². The van der Waals surface area contributed by atoms with E-state index in [9.17, 15) is 0 Å². The zero-order valence-corrected chi connectivity index (χ0v) is 7.82. The van der Waals surface area contributed by atoms with Gasteiger partial charge in [-0.1, -0.05) is 22.0 Å². The Bertz CT molecular complexity index is 170. The van der Waals surface area contributed by atoms with Crippen LogP contribution in [-0.2, 0) is 0 Å². The molecule has 0 saturated carbocycles. The highest BCUT2D eigenvalue weighted by molar-refractivity contribution is 9.09. The van der Waals surface area contributed by atoms with E-state index in [4.69, 9.17) is 0 Å². The minimum atomic E-state index is 0.893. The molecule has 0 aromatic heterocycles. The van der Waals surface area contributed by atoms with E-state index in [1.165, 1.54) is 24.3 Å². The number of nitrogens with zero attached hydrogens (tertiary/aromatic N) is 1. The molecule has 10 heavy (non-hydrogen) atoms. The van der Waals surface area contributed by atoms with Gasteiger partial charge in [-0.3, -0.25) is 4.99 Å². The standard InChI is InChI=1S/C8H12BrN/c1-7-4-2-3-5-8(6-9)10-7/h5H,2-4,6H2,1H3. The van der Waals surface area contributed by atoms with Crippen LogP contribution in [0, 0.1) is 0 Å². The summed E-state index contributed by atoms with van der Waals surface area (Å²) in [6.07, 6.45) is 5.81. The summed E-state index contributed by atoms with van der Waals surface area (Å²) in [4.78, 5) is 4.43. The molecular weight excluding hydrogens is 190 g/mol. The third-order valence-corrected chi connectivity index (χ3v) is 2.17. The number of alkyl halides is 1. The smallest absolute Gasteiger partial charge is 0.0468 e. The lowest BCUT2D eigenvalue weighted by Crippen LogP contribution is -1.89. The van der Waals surface area contributed by atoms with Crippen LogP contribution in [0.4, 0.5) is 0 Å². The van der Waals surface area contributed by atoms with Gasteiger partial charge in [0.2, 0.25) is 0 Å². The van der Waals surface area contributed by atoms with Gasteiger partial charge in [0.25, 0.3) is 0 Å². The summed E-state index contributed by atoms with van der Waals surface area (Å²) in [6.45, 7) is 2.10. The first kappa shape index (κ1) is 7.99. The highest BCUT2D eigenvalue weighted by Gasteiger charge is 1.99. The summed E-state index contributed by atoms with van der Waals surface area (Å²) in [7, 11) is 0. The van der Waals surface area contributed by atoms with E-state index in [2.05, 4.69) is 33.9 Å². The van der Waals surface area contributed by atoms with Crippen molar-refractivity contribution in [2.45, 2.75) is 26.2 Å². The quantitative estimate of drug-likeness (QED) is 0.579. The maximum atomic E-state index is 4.43. The Morgan fingerprint density at radius 1 is 1.70 bits per heavy atom. The van der Waals surface area contributed by atoms with Gasteiger partial charge >= 0.3 is 0 Å². The van der Waals surface area contributed by atoms with Crippen LogP contribution in [0.5, 0.6) is 0 Å². The Morgan fingerprint density at radius 3 is 3.20 bits per heavy atom. The monoisotopic (exact) mass is 201 g/mol. The van der Waals surface area contributed by atoms with Crippen LogP contribution in [0.15, 0.2) is 16.8 Å². The fourth-order valence-electron chi connectivity index (χ4n) is 1.06. The van der Waals surface area contributed by atoms with Gasteiger partial charge in [0.05, 0.1) is 0 Å². The molecule has 0 aliphatic carbocycles. The van der Waals surface area contributed by atoms with Crippen molar-refractivity contribution in [3.8, 4) is 0 Å². The van der Waals surface area contributed by atoms with Gasteiger partial charge in [0.1, 0.15) is 0 Å². The van der Waals surface area contributed by atoms with E-state index >= 15 is 0 Å². The zero-order chi connectivity index (χ0) is 7.40. The van der Waals surface area contributed by atoms with Gasteiger partial charge in [0, 0.05) is 16.7 Å². The fraction of sp³-hybridized carbons (Fsp3) is 0.625. The second kappa shape index (κ2) is 3.91. The van der Waals surface area contributed by atoms with Crippen LogP contribution in [0.3, 0.4) is 0 Å². The SMILES string of the molecule is CC1=NC(CBr)=CCCC1. The fourth-order valence-corrected chi connectivity index (χ4v) is 1.41. The Kier molecular flexibility index (Phi) is 3.13. The van der Waals surface area contributed by atoms with E-state index in [0.717, 1.165) is 11.8 Å². The van der Waals surface area contributed by atoms with Gasteiger partial charge in [-0.05, 0) is 26.2 Å². The minimum absolute atomic E-state index is 0.893. The lowest BCUT2D eigenvalue weighted by molar-refractivity contribution is 0.899. The molecule has 0 fully saturated rings. The van der Waals surface area contributed by atoms with Crippen molar-refractivity contribution < 1.29 is 0 Å². The van der Waals surface area contributed by atoms with E-state index in [0.29, 0.717) is 0 Å². The third-order valence-electron chi connectivity index (χ3n) is 1.59. The molecule has 0 N–H and O–H groups in total. The van der Waals surface area contributed by atoms with E-state index in [-0.39, 0.29) is 0 Å². The Balaban J connectivity index is 2.66. The first-order valence-electron chi connectivity index (χ1n) is 3.62. The van der Waals surface area contributed by atoms with Crippen molar-refractivity contribution in [2.24, 2.45) is 4.99 Å². The molecule has 0 amide bonds. The number of halogens is 1. The second-order valence-electron chi connectivity index (χ2n) is 2.57. The van der Waals surface area contributed by atoms with Gasteiger partial charge in [-0.25, -0.2) is 0 Å². The molecule has 0 bridgehead atoms. The number of aliphatic imine (C=N–C) groups is 1. The lowest BCUT2D eigenvalue weighted by Gasteiger charge is -1.94. The maximum Gasteiger partial charge on any atom is 0.0468 e. The predicted octanol–water partition coefficient (Wildman–Crippen LogP) is 2.91. The highest BCUT2D eigenvalue weighted by Crippen LogP contribution is 2.12. The number of hydrogen-bond acceptors (Lipinski definition) is 1. The van der Waals surface area contributed by atoms with Crippen molar-refractivity contribution in [1.82, 2.24) is 0 Å². The molecule has 0 aromatic rings. The second-order valence-corrected chi connectivity index (χ2v) is 3.13. The number of hydrogen-bond donors (Lipinski definition) is 0. The third kappa shape index (κ3) is 2.25. The number of allylic oxidation sites excluding steroid dienone is 2. The molecule has 0 aromatic carbocycles. The van der Waals surface area contributed by atoms with E-state index in [1.54, 1.807) is 0 Å². The summed E-state index contributed by atoms with van der Waals surface area (Å²) < 4.78 is 0. The molecule has 2 heteroatoms. The normalized spacial score (nSPS) is 19.4. The molecule has 1 aliphatic heterocycles. The van der Waals surface area contributed by atoms with Crippen LogP contribution in [0.2, 0.25) is 0 Å².